The third-order valence-corrected chi connectivity index (χ3v) is 3.81. The van der Waals surface area contributed by atoms with Crippen molar-refractivity contribution in [2.45, 2.75) is 0 Å². The van der Waals surface area contributed by atoms with Gasteiger partial charge >= 0.3 is 5.82 Å². The van der Waals surface area contributed by atoms with E-state index < -0.39 is 29.1 Å². The van der Waals surface area contributed by atoms with Crippen LogP contribution in [-0.2, 0) is 4.79 Å². The van der Waals surface area contributed by atoms with E-state index in [2.05, 4.69) is 15.3 Å². The van der Waals surface area contributed by atoms with Gasteiger partial charge in [-0.25, -0.2) is 9.37 Å². The molecule has 3 aromatic rings. The van der Waals surface area contributed by atoms with E-state index in [1.807, 2.05) is 0 Å². The molecule has 0 bridgehead atoms. The summed E-state index contributed by atoms with van der Waals surface area (Å²) in [7, 11) is 0. The van der Waals surface area contributed by atoms with Gasteiger partial charge in [-0.05, 0) is 40.2 Å². The molecule has 3 rings (SSSR count). The van der Waals surface area contributed by atoms with E-state index in [4.69, 9.17) is 4.74 Å². The number of thiazole rings is 1. The summed E-state index contributed by atoms with van der Waals surface area (Å²) < 4.78 is 18.8. The van der Waals surface area contributed by atoms with E-state index in [9.17, 15) is 19.3 Å². The second kappa shape index (κ2) is 6.54. The van der Waals surface area contributed by atoms with Crippen LogP contribution in [-0.4, -0.2) is 27.4 Å². The molecule has 2 aromatic heterocycles. The molecule has 0 unspecified atom stereocenters. The molecule has 8 nitrogen and oxygen atoms in total. The van der Waals surface area contributed by atoms with Gasteiger partial charge in [-0.3, -0.25) is 10.1 Å². The number of hydrogen-bond acceptors (Lipinski definition) is 7. The molecule has 1 aromatic carbocycles. The van der Waals surface area contributed by atoms with Crippen LogP contribution >= 0.6 is 11.3 Å². The lowest BCUT2D eigenvalue weighted by atomic mass is 10.3. The Labute approximate surface area is 138 Å². The van der Waals surface area contributed by atoms with Crippen LogP contribution in [0.25, 0.3) is 10.2 Å². The van der Waals surface area contributed by atoms with Crippen LogP contribution in [0.15, 0.2) is 36.5 Å². The number of carbonyl (C=O) groups is 1. The minimum atomic E-state index is -0.699. The Morgan fingerprint density at radius 3 is 3.04 bits per heavy atom. The summed E-state index contributed by atoms with van der Waals surface area (Å²) in [5.41, 5.74) is 0.556. The fourth-order valence-corrected chi connectivity index (χ4v) is 2.79. The van der Waals surface area contributed by atoms with E-state index >= 15 is 0 Å². The minimum absolute atomic E-state index is 0.107. The number of amides is 1. The second-order valence-electron chi connectivity index (χ2n) is 4.55. The Morgan fingerprint density at radius 1 is 1.42 bits per heavy atom. The monoisotopic (exact) mass is 348 g/mol. The molecule has 0 saturated carbocycles. The highest BCUT2D eigenvalue weighted by Gasteiger charge is 2.17. The lowest BCUT2D eigenvalue weighted by Crippen LogP contribution is -2.20. The van der Waals surface area contributed by atoms with E-state index in [0.29, 0.717) is 10.2 Å². The van der Waals surface area contributed by atoms with Crippen molar-refractivity contribution >= 4 is 38.4 Å². The Hall–Kier alpha value is -3.14. The van der Waals surface area contributed by atoms with Gasteiger partial charge in [-0.15, -0.1) is 0 Å². The van der Waals surface area contributed by atoms with Gasteiger partial charge in [-0.1, -0.05) is 11.3 Å². The molecule has 0 saturated heterocycles. The van der Waals surface area contributed by atoms with Gasteiger partial charge in [0.2, 0.25) is 5.75 Å². The Morgan fingerprint density at radius 2 is 2.25 bits per heavy atom. The molecule has 24 heavy (non-hydrogen) atoms. The zero-order chi connectivity index (χ0) is 17.1. The number of pyridine rings is 1. The maximum atomic E-state index is 13.1. The van der Waals surface area contributed by atoms with Crippen molar-refractivity contribution in [3.8, 4) is 5.75 Å². The van der Waals surface area contributed by atoms with E-state index in [-0.39, 0.29) is 10.9 Å². The molecule has 0 aliphatic carbocycles. The largest absolute Gasteiger partial charge is 0.476 e. The number of nitrogens with zero attached hydrogens (tertiary/aromatic N) is 3. The number of hydrogen-bond donors (Lipinski definition) is 1. The van der Waals surface area contributed by atoms with Crippen LogP contribution in [0.5, 0.6) is 5.75 Å². The molecule has 1 amide bonds. The number of halogens is 1. The third kappa shape index (κ3) is 3.43. The Kier molecular flexibility index (Phi) is 4.29. The molecule has 122 valence electrons. The molecular formula is C14H9FN4O4S. The van der Waals surface area contributed by atoms with E-state index in [0.717, 1.165) is 11.3 Å². The molecule has 1 N–H and O–H groups in total. The number of fused-ring (bicyclic) bond motifs is 1. The van der Waals surface area contributed by atoms with E-state index in [1.165, 1.54) is 36.5 Å². The van der Waals surface area contributed by atoms with Crippen molar-refractivity contribution in [3.05, 3.63) is 52.5 Å². The van der Waals surface area contributed by atoms with Crippen LogP contribution in [0.2, 0.25) is 0 Å². The van der Waals surface area contributed by atoms with Gasteiger partial charge in [0.05, 0.1) is 10.2 Å². The van der Waals surface area contributed by atoms with Crippen LogP contribution in [0, 0.1) is 15.9 Å². The zero-order valence-corrected chi connectivity index (χ0v) is 12.7. The number of nitro groups is 1. The van der Waals surface area contributed by atoms with Crippen LogP contribution in [0.1, 0.15) is 0 Å². The summed E-state index contributed by atoms with van der Waals surface area (Å²) >= 11 is 1.11. The Balaban J connectivity index is 1.66. The molecule has 0 atom stereocenters. The highest BCUT2D eigenvalue weighted by Crippen LogP contribution is 2.26. The van der Waals surface area contributed by atoms with Gasteiger partial charge in [0.15, 0.2) is 11.7 Å². The molecular weight excluding hydrogens is 339 g/mol. The summed E-state index contributed by atoms with van der Waals surface area (Å²) in [5.74, 6) is -1.52. The topological polar surface area (TPSA) is 107 Å². The summed E-state index contributed by atoms with van der Waals surface area (Å²) in [6.07, 6.45) is 1.26. The average molecular weight is 348 g/mol. The number of aromatic nitrogens is 2. The first-order chi connectivity index (χ1) is 11.5. The summed E-state index contributed by atoms with van der Waals surface area (Å²) in [5, 5.41) is 13.6. The quantitative estimate of drug-likeness (QED) is 0.561. The van der Waals surface area contributed by atoms with Crippen LogP contribution in [0.3, 0.4) is 0 Å². The normalized spacial score (nSPS) is 10.5. The number of benzene rings is 1. The predicted octanol–water partition coefficient (Wildman–Crippen LogP) is 2.76. The van der Waals surface area contributed by atoms with Crippen LogP contribution in [0.4, 0.5) is 15.3 Å². The molecule has 0 spiro atoms. The fraction of sp³-hybridized carbons (Fsp3) is 0.0714. The highest BCUT2D eigenvalue weighted by molar-refractivity contribution is 7.22. The van der Waals surface area contributed by atoms with Crippen molar-refractivity contribution in [1.82, 2.24) is 9.97 Å². The first-order valence-corrected chi connectivity index (χ1v) is 7.43. The second-order valence-corrected chi connectivity index (χ2v) is 5.58. The molecule has 2 heterocycles. The van der Waals surface area contributed by atoms with Crippen molar-refractivity contribution in [2.75, 3.05) is 11.9 Å². The standard InChI is InChI=1S/C14H9FN4O4S/c15-8-3-4-9-11(6-8)24-14(17-9)18-12(20)7-23-10-2-1-5-16-13(10)19(21)22/h1-6H,7H2,(H,17,18,20). The lowest BCUT2D eigenvalue weighted by Gasteiger charge is -2.05. The molecule has 10 heteroatoms. The van der Waals surface area contributed by atoms with Gasteiger partial charge in [0, 0.05) is 0 Å². The third-order valence-electron chi connectivity index (χ3n) is 2.88. The number of ether oxygens (including phenoxy) is 1. The minimum Gasteiger partial charge on any atom is -0.476 e. The number of anilines is 1. The zero-order valence-electron chi connectivity index (χ0n) is 11.9. The SMILES string of the molecule is O=C(COc1cccnc1[N+](=O)[O-])Nc1nc2ccc(F)cc2s1. The van der Waals surface area contributed by atoms with Crippen molar-refractivity contribution in [1.29, 1.82) is 0 Å². The number of nitrogens with one attached hydrogen (secondary N) is 1. The maximum Gasteiger partial charge on any atom is 0.406 e. The van der Waals surface area contributed by atoms with Gasteiger partial charge in [0.1, 0.15) is 12.0 Å². The number of rotatable bonds is 5. The smallest absolute Gasteiger partial charge is 0.406 e. The number of carbonyl (C=O) groups excluding carboxylic acids is 1. The van der Waals surface area contributed by atoms with Gasteiger partial charge in [-0.2, -0.15) is 0 Å². The lowest BCUT2D eigenvalue weighted by molar-refractivity contribution is -0.390. The van der Waals surface area contributed by atoms with Gasteiger partial charge in [0.25, 0.3) is 5.91 Å². The van der Waals surface area contributed by atoms with E-state index in [1.54, 1.807) is 0 Å². The maximum absolute atomic E-state index is 13.1. The highest BCUT2D eigenvalue weighted by atomic mass is 32.1. The first-order valence-electron chi connectivity index (χ1n) is 6.61. The first kappa shape index (κ1) is 15.7. The Bertz CT molecular complexity index is 930. The fourth-order valence-electron chi connectivity index (χ4n) is 1.88. The molecule has 0 fully saturated rings. The van der Waals surface area contributed by atoms with Crippen molar-refractivity contribution < 1.29 is 18.8 Å². The summed E-state index contributed by atoms with van der Waals surface area (Å²) in [6, 6.07) is 6.91. The van der Waals surface area contributed by atoms with Gasteiger partial charge < -0.3 is 14.9 Å². The molecule has 0 aliphatic heterocycles. The predicted molar refractivity (Wildman–Crippen MR) is 84.6 cm³/mol. The summed E-state index contributed by atoms with van der Waals surface area (Å²) in [6.45, 7) is -0.448. The molecule has 0 aliphatic rings. The molecule has 0 radical (unpaired) electrons. The van der Waals surface area contributed by atoms with Crippen LogP contribution < -0.4 is 10.1 Å². The van der Waals surface area contributed by atoms with Crippen molar-refractivity contribution in [2.24, 2.45) is 0 Å². The van der Waals surface area contributed by atoms with Crippen molar-refractivity contribution in [3.63, 3.8) is 0 Å². The average Bonchev–Trinajstić information content (AvgIpc) is 2.94. The summed E-state index contributed by atoms with van der Waals surface area (Å²) in [4.78, 5) is 29.7.